The average Bonchev–Trinajstić information content (AvgIpc) is 3.14. The van der Waals surface area contributed by atoms with Crippen LogP contribution in [0.5, 0.6) is 34.5 Å². The van der Waals surface area contributed by atoms with Gasteiger partial charge in [0, 0.05) is 111 Å². The monoisotopic (exact) mass is 1180 g/mol. The van der Waals surface area contributed by atoms with Gasteiger partial charge in [-0.3, -0.25) is 0 Å². The molecule has 3 heterocycles. The van der Waals surface area contributed by atoms with Crippen molar-refractivity contribution >= 4 is 67.2 Å². The molecule has 21 heteroatoms. The fourth-order valence-corrected chi connectivity index (χ4v) is 8.05. The van der Waals surface area contributed by atoms with E-state index in [2.05, 4.69) is 63.6 Å². The van der Waals surface area contributed by atoms with Crippen molar-refractivity contribution in [1.29, 1.82) is 0 Å². The summed E-state index contributed by atoms with van der Waals surface area (Å²) >= 11 is 0. The first-order valence-corrected chi connectivity index (χ1v) is 27.3. The SMILES string of the molecule is C#Cc1cccc(Nc2ncnc3cc(OCCOC)c(OCCOC)cc23)c1.C#Cc1cccc(Nc2ncnc3cc(OCCOC)c(OCCOC)cc23)c1.C#Cc1cccc(Nc2ncnc3cc(OCCOC)c(OCCOC)cc23)c1. The highest BCUT2D eigenvalue weighted by molar-refractivity contribution is 5.95. The molecule has 0 saturated heterocycles. The van der Waals surface area contributed by atoms with Gasteiger partial charge in [0.1, 0.15) is 76.1 Å². The molecule has 0 amide bonds. The first-order chi connectivity index (χ1) is 42.7. The molecule has 450 valence electrons. The molecule has 0 aliphatic heterocycles. The number of nitrogens with one attached hydrogen (secondary N) is 3. The Morgan fingerprint density at radius 1 is 0.310 bits per heavy atom. The Kier molecular flexibility index (Phi) is 26.2. The quantitative estimate of drug-likeness (QED) is 0.0281. The number of methoxy groups -OCH3 is 6. The van der Waals surface area contributed by atoms with Gasteiger partial charge in [0.15, 0.2) is 34.5 Å². The Morgan fingerprint density at radius 3 is 0.782 bits per heavy atom. The summed E-state index contributed by atoms with van der Waals surface area (Å²) in [5.41, 5.74) is 7.03. The van der Waals surface area contributed by atoms with E-state index in [0.29, 0.717) is 131 Å². The van der Waals surface area contributed by atoms with Crippen LogP contribution in [0.1, 0.15) is 16.7 Å². The van der Waals surface area contributed by atoms with E-state index in [1.807, 2.05) is 109 Å². The summed E-state index contributed by atoms with van der Waals surface area (Å²) in [6, 6.07) is 33.8. The number of aromatic nitrogens is 6. The third-order valence-electron chi connectivity index (χ3n) is 12.2. The van der Waals surface area contributed by atoms with Crippen LogP contribution in [-0.4, -0.2) is 152 Å². The molecular weight excluding hydrogens is 1110 g/mol. The Hall–Kier alpha value is -10.0. The van der Waals surface area contributed by atoms with E-state index in [1.165, 1.54) is 19.0 Å². The molecule has 0 aliphatic rings. The molecule has 0 unspecified atom stereocenters. The second-order valence-corrected chi connectivity index (χ2v) is 18.2. The lowest BCUT2D eigenvalue weighted by molar-refractivity contribution is 0.132. The summed E-state index contributed by atoms with van der Waals surface area (Å²) in [6.07, 6.45) is 21.0. The highest BCUT2D eigenvalue weighted by Crippen LogP contribution is 2.38. The predicted octanol–water partition coefficient (Wildman–Crippen LogP) is 10.2. The van der Waals surface area contributed by atoms with Gasteiger partial charge in [-0.1, -0.05) is 36.0 Å². The zero-order chi connectivity index (χ0) is 61.4. The minimum atomic E-state index is 0.392. The van der Waals surface area contributed by atoms with Crippen molar-refractivity contribution < 1.29 is 56.8 Å². The van der Waals surface area contributed by atoms with Gasteiger partial charge in [-0.2, -0.15) is 0 Å². The number of nitrogens with zero attached hydrogens (tertiary/aromatic N) is 6. The fraction of sp³-hybridized carbons (Fsp3) is 0.273. The van der Waals surface area contributed by atoms with E-state index in [0.717, 1.165) is 66.5 Å². The van der Waals surface area contributed by atoms with Crippen LogP contribution in [0.3, 0.4) is 0 Å². The first kappa shape index (κ1) is 64.5. The van der Waals surface area contributed by atoms with E-state index in [4.69, 9.17) is 76.1 Å². The molecule has 0 atom stereocenters. The predicted molar refractivity (Wildman–Crippen MR) is 336 cm³/mol. The van der Waals surface area contributed by atoms with Crippen molar-refractivity contribution in [3.63, 3.8) is 0 Å². The van der Waals surface area contributed by atoms with E-state index in [9.17, 15) is 0 Å². The molecule has 9 rings (SSSR count). The van der Waals surface area contributed by atoms with Gasteiger partial charge in [0.2, 0.25) is 0 Å². The van der Waals surface area contributed by atoms with Crippen LogP contribution in [-0.2, 0) is 28.4 Å². The molecule has 21 nitrogen and oxygen atoms in total. The van der Waals surface area contributed by atoms with Crippen molar-refractivity contribution in [3.05, 3.63) is 145 Å². The zero-order valence-corrected chi connectivity index (χ0v) is 49.4. The molecule has 6 aromatic carbocycles. The summed E-state index contributed by atoms with van der Waals surface area (Å²) < 4.78 is 65.4. The second kappa shape index (κ2) is 35.3. The number of fused-ring (bicyclic) bond motifs is 3. The molecule has 3 aromatic heterocycles. The van der Waals surface area contributed by atoms with Crippen LogP contribution in [0.15, 0.2) is 128 Å². The Balaban J connectivity index is 0.000000186. The Morgan fingerprint density at radius 2 is 0.552 bits per heavy atom. The van der Waals surface area contributed by atoms with Crippen LogP contribution in [0.4, 0.5) is 34.5 Å². The number of hydrogen-bond donors (Lipinski definition) is 3. The number of benzene rings is 6. The number of terminal acetylenes is 3. The molecule has 0 spiro atoms. The van der Waals surface area contributed by atoms with Gasteiger partial charge < -0.3 is 72.8 Å². The minimum Gasteiger partial charge on any atom is -0.487 e. The zero-order valence-electron chi connectivity index (χ0n) is 49.4. The highest BCUT2D eigenvalue weighted by atomic mass is 16.6. The molecule has 0 radical (unpaired) electrons. The summed E-state index contributed by atoms with van der Waals surface area (Å²) in [5, 5.41) is 12.3. The van der Waals surface area contributed by atoms with E-state index in [-0.39, 0.29) is 0 Å². The third kappa shape index (κ3) is 19.5. The van der Waals surface area contributed by atoms with Crippen LogP contribution < -0.4 is 44.4 Å². The van der Waals surface area contributed by atoms with E-state index in [1.54, 1.807) is 42.7 Å². The maximum Gasteiger partial charge on any atom is 0.163 e. The lowest BCUT2D eigenvalue weighted by atomic mass is 10.2. The van der Waals surface area contributed by atoms with E-state index >= 15 is 0 Å². The Bertz CT molecular complexity index is 3390. The molecule has 87 heavy (non-hydrogen) atoms. The largest absolute Gasteiger partial charge is 0.487 e. The summed E-state index contributed by atoms with van der Waals surface area (Å²) in [4.78, 5) is 26.3. The van der Waals surface area contributed by atoms with Gasteiger partial charge in [0.25, 0.3) is 0 Å². The second-order valence-electron chi connectivity index (χ2n) is 18.2. The summed E-state index contributed by atoms with van der Waals surface area (Å²) in [7, 11) is 9.75. The number of anilines is 6. The van der Waals surface area contributed by atoms with Crippen LogP contribution >= 0.6 is 0 Å². The van der Waals surface area contributed by atoms with Gasteiger partial charge in [-0.05, 0) is 72.8 Å². The van der Waals surface area contributed by atoms with Crippen LogP contribution in [0.2, 0.25) is 0 Å². The summed E-state index contributed by atoms with van der Waals surface area (Å²) in [6.45, 7) is 5.18. The van der Waals surface area contributed by atoms with E-state index < -0.39 is 0 Å². The molecule has 0 bridgehead atoms. The average molecular weight is 1180 g/mol. The molecular formula is C66H69N9O12. The fourth-order valence-electron chi connectivity index (χ4n) is 8.05. The highest BCUT2D eigenvalue weighted by Gasteiger charge is 2.17. The lowest BCUT2D eigenvalue weighted by Crippen LogP contribution is -2.09. The van der Waals surface area contributed by atoms with Gasteiger partial charge >= 0.3 is 0 Å². The maximum atomic E-state index is 5.86. The molecule has 0 fully saturated rings. The normalized spacial score (nSPS) is 10.5. The van der Waals surface area contributed by atoms with Gasteiger partial charge in [-0.25, -0.2) is 29.9 Å². The number of rotatable bonds is 30. The van der Waals surface area contributed by atoms with Crippen molar-refractivity contribution in [1.82, 2.24) is 29.9 Å². The standard InChI is InChI=1S/3C22H23N3O4/c3*1-4-16-6-5-7-17(12-16)25-22-18-13-20(28-10-8-26-2)21(29-11-9-27-3)14-19(18)23-15-24-22/h3*1,5-7,12-15H,8-11H2,2-3H3,(H,23,24,25). The van der Waals surface area contributed by atoms with Crippen molar-refractivity contribution in [2.75, 3.05) is 138 Å². The van der Waals surface area contributed by atoms with Gasteiger partial charge in [0.05, 0.1) is 56.2 Å². The topological polar surface area (TPSA) is 224 Å². The third-order valence-corrected chi connectivity index (χ3v) is 12.2. The van der Waals surface area contributed by atoms with Crippen LogP contribution in [0.25, 0.3) is 32.7 Å². The number of ether oxygens (including phenoxy) is 12. The molecule has 3 N–H and O–H groups in total. The maximum absolute atomic E-state index is 5.86. The van der Waals surface area contributed by atoms with Crippen molar-refractivity contribution in [3.8, 4) is 71.5 Å². The Labute approximate surface area is 506 Å². The minimum absolute atomic E-state index is 0.392. The molecule has 9 aromatic rings. The molecule has 0 saturated carbocycles. The van der Waals surface area contributed by atoms with Crippen LogP contribution in [0, 0.1) is 37.0 Å². The smallest absolute Gasteiger partial charge is 0.163 e. The number of hydrogen-bond acceptors (Lipinski definition) is 21. The first-order valence-electron chi connectivity index (χ1n) is 27.3. The van der Waals surface area contributed by atoms with Gasteiger partial charge in [-0.15, -0.1) is 19.3 Å². The van der Waals surface area contributed by atoms with Crippen molar-refractivity contribution in [2.45, 2.75) is 0 Å². The lowest BCUT2D eigenvalue weighted by Gasteiger charge is -2.15. The van der Waals surface area contributed by atoms with Crippen molar-refractivity contribution in [2.24, 2.45) is 0 Å². The molecule has 0 aliphatic carbocycles. The summed E-state index contributed by atoms with van der Waals surface area (Å²) in [5.74, 6) is 13.3.